The molecule has 0 aliphatic carbocycles. The van der Waals surface area contributed by atoms with Crippen LogP contribution in [0.1, 0.15) is 0 Å². The van der Waals surface area contributed by atoms with Gasteiger partial charge in [-0.2, -0.15) is 0 Å². The van der Waals surface area contributed by atoms with Crippen molar-refractivity contribution < 1.29 is 23.4 Å². The Morgan fingerprint density at radius 2 is 2.05 bits per heavy atom. The van der Waals surface area contributed by atoms with Crippen LogP contribution < -0.4 is 4.74 Å². The molecule has 0 unspecified atom stereocenters. The Balaban J connectivity index is 2.50. The SMILES string of the molecule is COc1ccc(SCC(=O)N(CCO)CC(F)F)cc1. The molecule has 1 N–H and O–H groups in total. The van der Waals surface area contributed by atoms with Gasteiger partial charge in [-0.1, -0.05) is 0 Å². The highest BCUT2D eigenvalue weighted by atomic mass is 32.2. The van der Waals surface area contributed by atoms with Gasteiger partial charge in [-0.25, -0.2) is 8.78 Å². The van der Waals surface area contributed by atoms with Gasteiger partial charge in [0.1, 0.15) is 5.75 Å². The number of thioether (sulfide) groups is 1. The Bertz CT molecular complexity index is 415. The number of hydrogen-bond donors (Lipinski definition) is 1. The predicted molar refractivity (Wildman–Crippen MR) is 73.4 cm³/mol. The van der Waals surface area contributed by atoms with Gasteiger partial charge in [-0.3, -0.25) is 4.79 Å². The molecule has 0 spiro atoms. The number of nitrogens with zero attached hydrogens (tertiary/aromatic N) is 1. The monoisotopic (exact) mass is 305 g/mol. The molecule has 0 atom stereocenters. The number of amides is 1. The molecule has 1 rings (SSSR count). The maximum atomic E-state index is 12.3. The van der Waals surface area contributed by atoms with Crippen molar-refractivity contribution in [1.82, 2.24) is 4.90 Å². The van der Waals surface area contributed by atoms with Crippen LogP contribution in [-0.4, -0.2) is 54.9 Å². The number of halogens is 2. The fourth-order valence-corrected chi connectivity index (χ4v) is 2.31. The number of ether oxygens (including phenoxy) is 1. The van der Waals surface area contributed by atoms with Gasteiger partial charge < -0.3 is 14.7 Å². The van der Waals surface area contributed by atoms with Crippen LogP contribution in [0, 0.1) is 0 Å². The van der Waals surface area contributed by atoms with Crippen LogP contribution in [-0.2, 0) is 4.79 Å². The molecule has 0 aliphatic rings. The van der Waals surface area contributed by atoms with E-state index in [0.29, 0.717) is 5.75 Å². The van der Waals surface area contributed by atoms with E-state index in [1.165, 1.54) is 11.8 Å². The zero-order chi connectivity index (χ0) is 15.0. The molecule has 0 radical (unpaired) electrons. The number of rotatable bonds is 8. The average Bonchev–Trinajstić information content (AvgIpc) is 2.44. The molecule has 112 valence electrons. The van der Waals surface area contributed by atoms with Crippen molar-refractivity contribution in [2.24, 2.45) is 0 Å². The number of hydrogen-bond acceptors (Lipinski definition) is 4. The Kier molecular flexibility index (Phi) is 7.32. The van der Waals surface area contributed by atoms with E-state index in [1.54, 1.807) is 31.4 Å². The minimum Gasteiger partial charge on any atom is -0.497 e. The summed E-state index contributed by atoms with van der Waals surface area (Å²) in [5.41, 5.74) is 0. The van der Waals surface area contributed by atoms with Gasteiger partial charge in [0.2, 0.25) is 5.91 Å². The van der Waals surface area contributed by atoms with Gasteiger partial charge in [-0.15, -0.1) is 11.8 Å². The lowest BCUT2D eigenvalue weighted by Gasteiger charge is -2.21. The molecular formula is C13H17F2NO3S. The Morgan fingerprint density at radius 3 is 2.55 bits per heavy atom. The molecule has 0 aliphatic heterocycles. The van der Waals surface area contributed by atoms with E-state index in [0.717, 1.165) is 9.80 Å². The topological polar surface area (TPSA) is 49.8 Å². The second-order valence-electron chi connectivity index (χ2n) is 3.92. The first-order valence-corrected chi connectivity index (χ1v) is 6.99. The van der Waals surface area contributed by atoms with Crippen molar-refractivity contribution in [3.05, 3.63) is 24.3 Å². The molecule has 0 saturated carbocycles. The van der Waals surface area contributed by atoms with Crippen LogP contribution in [0.5, 0.6) is 5.75 Å². The quantitative estimate of drug-likeness (QED) is 0.745. The van der Waals surface area contributed by atoms with Crippen molar-refractivity contribution in [1.29, 1.82) is 0 Å². The summed E-state index contributed by atoms with van der Waals surface area (Å²) in [6.45, 7) is -1.05. The van der Waals surface area contributed by atoms with Gasteiger partial charge in [0.25, 0.3) is 6.43 Å². The molecule has 0 fully saturated rings. The minimum atomic E-state index is -2.60. The highest BCUT2D eigenvalue weighted by Crippen LogP contribution is 2.21. The average molecular weight is 305 g/mol. The Morgan fingerprint density at radius 1 is 1.40 bits per heavy atom. The van der Waals surface area contributed by atoms with E-state index in [-0.39, 0.29) is 18.9 Å². The maximum Gasteiger partial charge on any atom is 0.255 e. The normalized spacial score (nSPS) is 10.7. The number of benzene rings is 1. The smallest absolute Gasteiger partial charge is 0.255 e. The Labute approximate surface area is 120 Å². The second-order valence-corrected chi connectivity index (χ2v) is 4.97. The molecule has 20 heavy (non-hydrogen) atoms. The summed E-state index contributed by atoms with van der Waals surface area (Å²) in [5.74, 6) is 0.347. The van der Waals surface area contributed by atoms with E-state index in [9.17, 15) is 13.6 Å². The lowest BCUT2D eigenvalue weighted by Crippen LogP contribution is -2.38. The van der Waals surface area contributed by atoms with Gasteiger partial charge in [-0.05, 0) is 24.3 Å². The highest BCUT2D eigenvalue weighted by Gasteiger charge is 2.17. The van der Waals surface area contributed by atoms with E-state index >= 15 is 0 Å². The number of carbonyl (C=O) groups is 1. The summed E-state index contributed by atoms with van der Waals surface area (Å²) in [4.78, 5) is 13.6. The molecule has 7 heteroatoms. The Hall–Kier alpha value is -1.34. The molecule has 1 amide bonds. The molecule has 1 aromatic rings. The first-order chi connectivity index (χ1) is 9.56. The lowest BCUT2D eigenvalue weighted by molar-refractivity contribution is -0.130. The molecule has 0 bridgehead atoms. The summed E-state index contributed by atoms with van der Waals surface area (Å²) in [6.07, 6.45) is -2.60. The van der Waals surface area contributed by atoms with E-state index < -0.39 is 18.9 Å². The third kappa shape index (κ3) is 5.75. The number of aliphatic hydroxyl groups is 1. The summed E-state index contributed by atoms with van der Waals surface area (Å²) in [7, 11) is 1.56. The van der Waals surface area contributed by atoms with Crippen LogP contribution in [0.4, 0.5) is 8.78 Å². The van der Waals surface area contributed by atoms with Crippen molar-refractivity contribution in [2.45, 2.75) is 11.3 Å². The van der Waals surface area contributed by atoms with Crippen LogP contribution in [0.2, 0.25) is 0 Å². The predicted octanol–water partition coefficient (Wildman–Crippen LogP) is 1.87. The first kappa shape index (κ1) is 16.7. The van der Waals surface area contributed by atoms with Crippen LogP contribution in [0.25, 0.3) is 0 Å². The molecule has 4 nitrogen and oxygen atoms in total. The number of aliphatic hydroxyl groups excluding tert-OH is 1. The summed E-state index contributed by atoms with van der Waals surface area (Å²) in [6, 6.07) is 7.11. The van der Waals surface area contributed by atoms with Gasteiger partial charge in [0.05, 0.1) is 26.0 Å². The molecule has 1 aromatic carbocycles. The van der Waals surface area contributed by atoms with Crippen LogP contribution in [0.3, 0.4) is 0 Å². The van der Waals surface area contributed by atoms with Crippen molar-refractivity contribution >= 4 is 17.7 Å². The van der Waals surface area contributed by atoms with Crippen LogP contribution in [0.15, 0.2) is 29.2 Å². The largest absolute Gasteiger partial charge is 0.497 e. The molecular weight excluding hydrogens is 288 g/mol. The van der Waals surface area contributed by atoms with E-state index in [4.69, 9.17) is 9.84 Å². The molecule has 0 saturated heterocycles. The van der Waals surface area contributed by atoms with Gasteiger partial charge in [0, 0.05) is 11.4 Å². The zero-order valence-corrected chi connectivity index (χ0v) is 11.9. The van der Waals surface area contributed by atoms with E-state index in [2.05, 4.69) is 0 Å². The molecule has 0 aromatic heterocycles. The van der Waals surface area contributed by atoms with Crippen molar-refractivity contribution in [3.8, 4) is 5.75 Å². The highest BCUT2D eigenvalue weighted by molar-refractivity contribution is 8.00. The fourth-order valence-electron chi connectivity index (χ4n) is 1.51. The van der Waals surface area contributed by atoms with Crippen molar-refractivity contribution in [2.75, 3.05) is 32.6 Å². The number of alkyl halides is 2. The lowest BCUT2D eigenvalue weighted by atomic mass is 10.3. The summed E-state index contributed by atoms with van der Waals surface area (Å²) < 4.78 is 29.7. The molecule has 0 heterocycles. The number of methoxy groups -OCH3 is 1. The van der Waals surface area contributed by atoms with Gasteiger partial charge in [0.15, 0.2) is 0 Å². The summed E-state index contributed by atoms with van der Waals surface area (Å²) in [5, 5.41) is 8.78. The second kappa shape index (κ2) is 8.76. The fraction of sp³-hybridized carbons (Fsp3) is 0.462. The maximum absolute atomic E-state index is 12.3. The zero-order valence-electron chi connectivity index (χ0n) is 11.1. The van der Waals surface area contributed by atoms with Gasteiger partial charge >= 0.3 is 0 Å². The van der Waals surface area contributed by atoms with E-state index in [1.807, 2.05) is 0 Å². The van der Waals surface area contributed by atoms with Crippen LogP contribution >= 0.6 is 11.8 Å². The third-order valence-corrected chi connectivity index (χ3v) is 3.50. The number of carbonyl (C=O) groups excluding carboxylic acids is 1. The standard InChI is InChI=1S/C13H17F2NO3S/c1-19-10-2-4-11(5-3-10)20-9-13(18)16(6-7-17)8-12(14)15/h2-5,12,17H,6-9H2,1H3. The summed E-state index contributed by atoms with van der Waals surface area (Å²) >= 11 is 1.26. The minimum absolute atomic E-state index is 0.0546. The van der Waals surface area contributed by atoms with Crippen molar-refractivity contribution in [3.63, 3.8) is 0 Å². The first-order valence-electron chi connectivity index (χ1n) is 6.00. The third-order valence-electron chi connectivity index (χ3n) is 2.50.